The number of rotatable bonds is 5. The Hall–Kier alpha value is -2.27. The molecule has 0 unspecified atom stereocenters. The Morgan fingerprint density at radius 2 is 2.00 bits per heavy atom. The number of benzene rings is 1. The molecule has 1 atom stereocenters. The van der Waals surface area contributed by atoms with Crippen LogP contribution in [-0.2, 0) is 9.53 Å². The monoisotopic (exact) mass is 297 g/mol. The summed E-state index contributed by atoms with van der Waals surface area (Å²) < 4.78 is 5.34. The molecule has 0 radical (unpaired) electrons. The van der Waals surface area contributed by atoms with E-state index in [2.05, 4.69) is 15.3 Å². The number of carbonyl (C=O) groups is 1. The number of carbonyl (C=O) groups excluding carboxylic acids is 1. The summed E-state index contributed by atoms with van der Waals surface area (Å²) in [7, 11) is 1.53. The Bertz CT molecular complexity index is 669. The lowest BCUT2D eigenvalue weighted by molar-refractivity contribution is -0.126. The highest BCUT2D eigenvalue weighted by Gasteiger charge is 2.26. The van der Waals surface area contributed by atoms with Gasteiger partial charge in [-0.1, -0.05) is 30.3 Å². The average Bonchev–Trinajstić information content (AvgIpc) is 3.33. The second kappa shape index (κ2) is 6.23. The summed E-state index contributed by atoms with van der Waals surface area (Å²) in [6.07, 6.45) is 1.67. The van der Waals surface area contributed by atoms with Gasteiger partial charge in [0.15, 0.2) is 6.10 Å². The first-order valence-electron chi connectivity index (χ1n) is 7.41. The van der Waals surface area contributed by atoms with Crippen LogP contribution in [0, 0.1) is 6.92 Å². The third kappa shape index (κ3) is 3.31. The number of anilines is 1. The van der Waals surface area contributed by atoms with Crippen LogP contribution in [0.25, 0.3) is 0 Å². The maximum atomic E-state index is 12.5. The van der Waals surface area contributed by atoms with Crippen LogP contribution in [0.5, 0.6) is 0 Å². The van der Waals surface area contributed by atoms with Crippen LogP contribution in [0.2, 0.25) is 0 Å². The van der Waals surface area contributed by atoms with E-state index in [4.69, 9.17) is 4.74 Å². The van der Waals surface area contributed by atoms with Crippen molar-refractivity contribution in [2.24, 2.45) is 0 Å². The lowest BCUT2D eigenvalue weighted by Crippen LogP contribution is -2.23. The number of amides is 1. The molecule has 1 aliphatic rings. The number of nitrogens with one attached hydrogen (secondary N) is 1. The van der Waals surface area contributed by atoms with E-state index in [0.29, 0.717) is 17.6 Å². The van der Waals surface area contributed by atoms with E-state index in [1.807, 2.05) is 43.3 Å². The second-order valence-corrected chi connectivity index (χ2v) is 5.52. The fourth-order valence-corrected chi connectivity index (χ4v) is 2.46. The van der Waals surface area contributed by atoms with Crippen molar-refractivity contribution in [3.05, 3.63) is 53.5 Å². The highest BCUT2D eigenvalue weighted by molar-refractivity contribution is 5.94. The van der Waals surface area contributed by atoms with Crippen LogP contribution in [0.15, 0.2) is 36.4 Å². The first-order chi connectivity index (χ1) is 10.7. The third-order valence-electron chi connectivity index (χ3n) is 3.68. The Morgan fingerprint density at radius 3 is 2.64 bits per heavy atom. The molecular formula is C17H19N3O2. The van der Waals surface area contributed by atoms with Gasteiger partial charge in [-0.05, 0) is 25.3 Å². The molecule has 22 heavy (non-hydrogen) atoms. The molecule has 1 aliphatic carbocycles. The number of ether oxygens (including phenoxy) is 1. The molecule has 1 fully saturated rings. The van der Waals surface area contributed by atoms with Crippen molar-refractivity contribution in [1.29, 1.82) is 0 Å². The van der Waals surface area contributed by atoms with Crippen LogP contribution < -0.4 is 5.32 Å². The molecule has 2 aromatic rings. The first-order valence-corrected chi connectivity index (χ1v) is 7.41. The van der Waals surface area contributed by atoms with Crippen LogP contribution in [0.1, 0.15) is 41.9 Å². The summed E-state index contributed by atoms with van der Waals surface area (Å²) >= 11 is 0. The van der Waals surface area contributed by atoms with Gasteiger partial charge < -0.3 is 10.1 Å². The largest absolute Gasteiger partial charge is 0.367 e. The van der Waals surface area contributed by atoms with Crippen molar-refractivity contribution in [2.75, 3.05) is 12.4 Å². The van der Waals surface area contributed by atoms with Gasteiger partial charge in [0, 0.05) is 24.8 Å². The van der Waals surface area contributed by atoms with Gasteiger partial charge in [-0.15, -0.1) is 0 Å². The van der Waals surface area contributed by atoms with Crippen LogP contribution in [0.3, 0.4) is 0 Å². The highest BCUT2D eigenvalue weighted by Crippen LogP contribution is 2.39. The maximum Gasteiger partial charge on any atom is 0.259 e. The lowest BCUT2D eigenvalue weighted by atomic mass is 10.1. The van der Waals surface area contributed by atoms with Crippen LogP contribution in [-0.4, -0.2) is 23.0 Å². The van der Waals surface area contributed by atoms with E-state index in [0.717, 1.165) is 24.1 Å². The molecule has 0 spiro atoms. The van der Waals surface area contributed by atoms with E-state index >= 15 is 0 Å². The Labute approximate surface area is 129 Å². The van der Waals surface area contributed by atoms with Crippen molar-refractivity contribution in [1.82, 2.24) is 9.97 Å². The third-order valence-corrected chi connectivity index (χ3v) is 3.68. The van der Waals surface area contributed by atoms with Gasteiger partial charge in [-0.25, -0.2) is 9.97 Å². The molecular weight excluding hydrogens is 278 g/mol. The molecule has 0 saturated heterocycles. The van der Waals surface area contributed by atoms with E-state index < -0.39 is 6.10 Å². The molecule has 0 bridgehead atoms. The topological polar surface area (TPSA) is 64.1 Å². The fourth-order valence-electron chi connectivity index (χ4n) is 2.46. The molecule has 1 saturated carbocycles. The minimum Gasteiger partial charge on any atom is -0.367 e. The zero-order valence-electron chi connectivity index (χ0n) is 12.7. The van der Waals surface area contributed by atoms with Crippen molar-refractivity contribution < 1.29 is 9.53 Å². The van der Waals surface area contributed by atoms with Gasteiger partial charge in [0.25, 0.3) is 5.91 Å². The summed E-state index contributed by atoms with van der Waals surface area (Å²) in [5.74, 6) is 1.50. The zero-order valence-corrected chi connectivity index (χ0v) is 12.7. The summed E-state index contributed by atoms with van der Waals surface area (Å²) in [5.41, 5.74) is 1.83. The van der Waals surface area contributed by atoms with Gasteiger partial charge >= 0.3 is 0 Å². The minimum absolute atomic E-state index is 0.228. The van der Waals surface area contributed by atoms with Crippen molar-refractivity contribution in [2.45, 2.75) is 31.8 Å². The Kier molecular flexibility index (Phi) is 4.15. The second-order valence-electron chi connectivity index (χ2n) is 5.52. The number of nitrogens with zero attached hydrogens (tertiary/aromatic N) is 2. The lowest BCUT2D eigenvalue weighted by Gasteiger charge is -2.15. The van der Waals surface area contributed by atoms with E-state index in [-0.39, 0.29) is 5.91 Å². The predicted molar refractivity (Wildman–Crippen MR) is 83.6 cm³/mol. The summed E-state index contributed by atoms with van der Waals surface area (Å²) in [5, 5.41) is 2.84. The Balaban J connectivity index is 1.78. The molecule has 1 heterocycles. The quantitative estimate of drug-likeness (QED) is 0.921. The summed E-state index contributed by atoms with van der Waals surface area (Å²) in [6, 6.07) is 11.3. The minimum atomic E-state index is -0.652. The number of hydrogen-bond donors (Lipinski definition) is 1. The average molecular weight is 297 g/mol. The maximum absolute atomic E-state index is 12.5. The highest BCUT2D eigenvalue weighted by atomic mass is 16.5. The van der Waals surface area contributed by atoms with Gasteiger partial charge in [0.05, 0.1) is 0 Å². The van der Waals surface area contributed by atoms with Crippen molar-refractivity contribution in [3.63, 3.8) is 0 Å². The molecule has 1 aromatic carbocycles. The normalized spacial score (nSPS) is 15.4. The molecule has 1 aromatic heterocycles. The SMILES string of the molecule is CO[C@@H](C(=O)Nc1cc(C2CC2)nc(C)n1)c1ccccc1. The molecule has 1 amide bonds. The summed E-state index contributed by atoms with van der Waals surface area (Å²) in [4.78, 5) is 21.2. The van der Waals surface area contributed by atoms with E-state index in [1.165, 1.54) is 7.11 Å². The number of methoxy groups -OCH3 is 1. The first kappa shape index (κ1) is 14.7. The number of aromatic nitrogens is 2. The standard InChI is InChI=1S/C17H19N3O2/c1-11-18-14(12-8-9-12)10-15(19-11)20-17(21)16(22-2)13-6-4-3-5-7-13/h3-7,10,12,16H,8-9H2,1-2H3,(H,18,19,20,21)/t16-/m1/s1. The molecule has 3 rings (SSSR count). The molecule has 1 N–H and O–H groups in total. The molecule has 114 valence electrons. The smallest absolute Gasteiger partial charge is 0.259 e. The zero-order chi connectivity index (χ0) is 15.5. The Morgan fingerprint density at radius 1 is 1.27 bits per heavy atom. The van der Waals surface area contributed by atoms with Gasteiger partial charge in [-0.2, -0.15) is 0 Å². The van der Waals surface area contributed by atoms with Crippen molar-refractivity contribution in [3.8, 4) is 0 Å². The van der Waals surface area contributed by atoms with Crippen LogP contribution in [0.4, 0.5) is 5.82 Å². The number of aryl methyl sites for hydroxylation is 1. The molecule has 0 aliphatic heterocycles. The summed E-state index contributed by atoms with van der Waals surface area (Å²) in [6.45, 7) is 1.84. The molecule has 5 heteroatoms. The van der Waals surface area contributed by atoms with E-state index in [9.17, 15) is 4.79 Å². The fraction of sp³-hybridized carbons (Fsp3) is 0.353. The van der Waals surface area contributed by atoms with E-state index in [1.54, 1.807) is 0 Å². The predicted octanol–water partition coefficient (Wildman–Crippen LogP) is 2.99. The van der Waals surface area contributed by atoms with Gasteiger partial charge in [0.1, 0.15) is 11.6 Å². The van der Waals surface area contributed by atoms with Crippen LogP contribution >= 0.6 is 0 Å². The van der Waals surface area contributed by atoms with Gasteiger partial charge in [0.2, 0.25) is 0 Å². The van der Waals surface area contributed by atoms with Crippen molar-refractivity contribution >= 4 is 11.7 Å². The molecule has 5 nitrogen and oxygen atoms in total. The number of hydrogen-bond acceptors (Lipinski definition) is 4. The van der Waals surface area contributed by atoms with Gasteiger partial charge in [-0.3, -0.25) is 4.79 Å².